The van der Waals surface area contributed by atoms with E-state index < -0.39 is 18.6 Å². The number of nitrogens with one attached hydrogen (secondary N) is 2. The second kappa shape index (κ2) is 7.18. The van der Waals surface area contributed by atoms with Crippen LogP contribution in [-0.2, 0) is 4.74 Å². The van der Waals surface area contributed by atoms with Crippen molar-refractivity contribution in [2.45, 2.75) is 44.5 Å². The summed E-state index contributed by atoms with van der Waals surface area (Å²) < 4.78 is 41.7. The van der Waals surface area contributed by atoms with Crippen molar-refractivity contribution in [2.24, 2.45) is 0 Å². The predicted molar refractivity (Wildman–Crippen MR) is 60.0 cm³/mol. The van der Waals surface area contributed by atoms with Gasteiger partial charge in [-0.3, -0.25) is 0 Å². The highest BCUT2D eigenvalue weighted by Gasteiger charge is 2.29. The van der Waals surface area contributed by atoms with Crippen LogP contribution in [0.3, 0.4) is 0 Å². The summed E-state index contributed by atoms with van der Waals surface area (Å²) in [6, 6.07) is -0.549. The van der Waals surface area contributed by atoms with Gasteiger partial charge in [0.15, 0.2) is 0 Å². The van der Waals surface area contributed by atoms with Crippen molar-refractivity contribution in [2.75, 3.05) is 26.2 Å². The van der Waals surface area contributed by atoms with Gasteiger partial charge in [0.1, 0.15) is 0 Å². The molecule has 0 saturated carbocycles. The van der Waals surface area contributed by atoms with Crippen LogP contribution in [-0.4, -0.2) is 44.6 Å². The number of rotatable bonds is 6. The van der Waals surface area contributed by atoms with E-state index in [0.29, 0.717) is 13.2 Å². The Hall–Kier alpha value is -0.330. The molecule has 1 aliphatic heterocycles. The van der Waals surface area contributed by atoms with E-state index in [2.05, 4.69) is 10.6 Å². The van der Waals surface area contributed by atoms with Crippen LogP contribution in [0.2, 0.25) is 0 Å². The van der Waals surface area contributed by atoms with Crippen molar-refractivity contribution >= 4 is 0 Å². The Labute approximate surface area is 100 Å². The van der Waals surface area contributed by atoms with Gasteiger partial charge in [-0.2, -0.15) is 13.2 Å². The maximum absolute atomic E-state index is 12.0. The van der Waals surface area contributed by atoms with E-state index in [4.69, 9.17) is 4.74 Å². The van der Waals surface area contributed by atoms with E-state index in [0.717, 1.165) is 25.9 Å². The van der Waals surface area contributed by atoms with Crippen LogP contribution in [0.5, 0.6) is 0 Å². The first-order chi connectivity index (χ1) is 7.97. The molecule has 1 fully saturated rings. The minimum Gasteiger partial charge on any atom is -0.377 e. The highest BCUT2D eigenvalue weighted by Crippen LogP contribution is 2.21. The predicted octanol–water partition coefficient (Wildman–Crippen LogP) is 1.69. The lowest BCUT2D eigenvalue weighted by Crippen LogP contribution is -2.36. The fraction of sp³-hybridized carbons (Fsp3) is 1.00. The van der Waals surface area contributed by atoms with Gasteiger partial charge in [0.2, 0.25) is 0 Å². The van der Waals surface area contributed by atoms with E-state index >= 15 is 0 Å². The van der Waals surface area contributed by atoms with Gasteiger partial charge < -0.3 is 15.4 Å². The van der Waals surface area contributed by atoms with Gasteiger partial charge in [-0.15, -0.1) is 0 Å². The number of hydrogen-bond donors (Lipinski definition) is 2. The molecule has 0 aromatic rings. The molecule has 6 heteroatoms. The van der Waals surface area contributed by atoms with Crippen molar-refractivity contribution in [1.82, 2.24) is 10.6 Å². The molecule has 3 nitrogen and oxygen atoms in total. The van der Waals surface area contributed by atoms with Gasteiger partial charge in [-0.1, -0.05) is 0 Å². The molecule has 1 unspecified atom stereocenters. The van der Waals surface area contributed by atoms with Gasteiger partial charge >= 0.3 is 6.18 Å². The summed E-state index contributed by atoms with van der Waals surface area (Å²) in [7, 11) is 0. The Balaban J connectivity index is 1.99. The average molecular weight is 254 g/mol. The van der Waals surface area contributed by atoms with Crippen LogP contribution in [0.15, 0.2) is 0 Å². The van der Waals surface area contributed by atoms with Gasteiger partial charge in [0, 0.05) is 12.6 Å². The molecule has 1 saturated heterocycles. The van der Waals surface area contributed by atoms with Crippen molar-refractivity contribution in [3.63, 3.8) is 0 Å². The highest BCUT2D eigenvalue weighted by atomic mass is 19.4. The maximum atomic E-state index is 12.0. The summed E-state index contributed by atoms with van der Waals surface area (Å²) in [6.07, 6.45) is -2.66. The molecule has 0 amide bonds. The lowest BCUT2D eigenvalue weighted by Gasteiger charge is -2.23. The highest BCUT2D eigenvalue weighted by molar-refractivity contribution is 4.69. The zero-order valence-electron chi connectivity index (χ0n) is 10.1. The molecule has 102 valence electrons. The molecule has 1 rings (SSSR count). The van der Waals surface area contributed by atoms with E-state index in [1.54, 1.807) is 0 Å². The smallest absolute Gasteiger partial charge is 0.377 e. The zero-order chi connectivity index (χ0) is 12.7. The molecule has 0 aromatic carbocycles. The first-order valence-corrected chi connectivity index (χ1v) is 6.10. The Bertz CT molecular complexity index is 205. The van der Waals surface area contributed by atoms with Crippen LogP contribution >= 0.6 is 0 Å². The topological polar surface area (TPSA) is 33.3 Å². The Morgan fingerprint density at radius 2 is 2.00 bits per heavy atom. The molecule has 2 N–H and O–H groups in total. The van der Waals surface area contributed by atoms with Crippen LogP contribution < -0.4 is 10.6 Å². The van der Waals surface area contributed by atoms with E-state index in [1.807, 2.05) is 0 Å². The molecule has 0 spiro atoms. The van der Waals surface area contributed by atoms with E-state index in [-0.39, 0.29) is 6.10 Å². The fourth-order valence-corrected chi connectivity index (χ4v) is 1.91. The minimum absolute atomic E-state index is 0.260. The third kappa shape index (κ3) is 7.57. The molecule has 17 heavy (non-hydrogen) atoms. The van der Waals surface area contributed by atoms with Crippen LogP contribution in [0, 0.1) is 0 Å². The monoisotopic (exact) mass is 254 g/mol. The van der Waals surface area contributed by atoms with Crippen molar-refractivity contribution in [3.8, 4) is 0 Å². The SMILES string of the molecule is CC(CC(F)(F)F)NCCOC1CCNCC1. The van der Waals surface area contributed by atoms with Gasteiger partial charge in [0.25, 0.3) is 0 Å². The second-order valence-electron chi connectivity index (χ2n) is 4.49. The molecule has 1 atom stereocenters. The van der Waals surface area contributed by atoms with Crippen LogP contribution in [0.4, 0.5) is 13.2 Å². The van der Waals surface area contributed by atoms with E-state index in [1.165, 1.54) is 6.92 Å². The first-order valence-electron chi connectivity index (χ1n) is 6.10. The van der Waals surface area contributed by atoms with Gasteiger partial charge in [-0.25, -0.2) is 0 Å². The molecule has 0 aliphatic carbocycles. The summed E-state index contributed by atoms with van der Waals surface area (Å²) in [5, 5.41) is 6.05. The largest absolute Gasteiger partial charge is 0.390 e. The summed E-state index contributed by atoms with van der Waals surface area (Å²) in [4.78, 5) is 0. The summed E-state index contributed by atoms with van der Waals surface area (Å²) in [5.41, 5.74) is 0. The van der Waals surface area contributed by atoms with Crippen molar-refractivity contribution in [1.29, 1.82) is 0 Å². The molecular weight excluding hydrogens is 233 g/mol. The normalized spacial score (nSPS) is 20.5. The number of alkyl halides is 3. The number of halogens is 3. The fourth-order valence-electron chi connectivity index (χ4n) is 1.91. The van der Waals surface area contributed by atoms with Crippen molar-refractivity contribution in [3.05, 3.63) is 0 Å². The second-order valence-corrected chi connectivity index (χ2v) is 4.49. The summed E-state index contributed by atoms with van der Waals surface area (Å²) in [6.45, 7) is 4.41. The maximum Gasteiger partial charge on any atom is 0.390 e. The van der Waals surface area contributed by atoms with Crippen molar-refractivity contribution < 1.29 is 17.9 Å². The lowest BCUT2D eigenvalue weighted by atomic mass is 10.1. The lowest BCUT2D eigenvalue weighted by molar-refractivity contribution is -0.139. The first kappa shape index (κ1) is 14.7. The molecule has 1 heterocycles. The Morgan fingerprint density at radius 3 is 2.59 bits per heavy atom. The van der Waals surface area contributed by atoms with Gasteiger partial charge in [0.05, 0.1) is 19.1 Å². The third-order valence-corrected chi connectivity index (χ3v) is 2.77. The summed E-state index contributed by atoms with van der Waals surface area (Å²) >= 11 is 0. The Morgan fingerprint density at radius 1 is 1.35 bits per heavy atom. The average Bonchev–Trinajstić information content (AvgIpc) is 2.23. The summed E-state index contributed by atoms with van der Waals surface area (Å²) in [5.74, 6) is 0. The molecule has 0 radical (unpaired) electrons. The molecule has 0 aromatic heterocycles. The van der Waals surface area contributed by atoms with Gasteiger partial charge in [-0.05, 0) is 32.9 Å². The zero-order valence-corrected chi connectivity index (χ0v) is 10.1. The molecular formula is C11H21F3N2O. The van der Waals surface area contributed by atoms with E-state index in [9.17, 15) is 13.2 Å². The quantitative estimate of drug-likeness (QED) is 0.708. The van der Waals surface area contributed by atoms with Crippen LogP contribution in [0.25, 0.3) is 0 Å². The Kier molecular flexibility index (Phi) is 6.22. The standard InChI is InChI=1S/C11H21F3N2O/c1-9(8-11(12,13)14)16-6-7-17-10-2-4-15-5-3-10/h9-10,15-16H,2-8H2,1H3. The van der Waals surface area contributed by atoms with Crippen LogP contribution in [0.1, 0.15) is 26.2 Å². The number of hydrogen-bond acceptors (Lipinski definition) is 3. The number of piperidine rings is 1. The molecule has 0 bridgehead atoms. The molecule has 1 aliphatic rings. The third-order valence-electron chi connectivity index (χ3n) is 2.77. The minimum atomic E-state index is -4.09. The number of ether oxygens (including phenoxy) is 1.